The maximum absolute atomic E-state index is 12.6. The molecule has 1 amide bonds. The van der Waals surface area contributed by atoms with E-state index in [9.17, 15) is 4.79 Å². The van der Waals surface area contributed by atoms with Crippen LogP contribution in [0.1, 0.15) is 33.1 Å². The van der Waals surface area contributed by atoms with E-state index in [0.29, 0.717) is 19.8 Å². The van der Waals surface area contributed by atoms with Crippen LogP contribution < -0.4 is 5.73 Å². The van der Waals surface area contributed by atoms with Crippen molar-refractivity contribution >= 4 is 18.3 Å². The van der Waals surface area contributed by atoms with Crippen LogP contribution in [-0.2, 0) is 9.53 Å². The summed E-state index contributed by atoms with van der Waals surface area (Å²) in [6, 6.07) is 0. The predicted molar refractivity (Wildman–Crippen MR) is 73.8 cm³/mol. The second kappa shape index (κ2) is 5.76. The number of nitrogens with zero attached hydrogens (tertiary/aromatic N) is 1. The number of likely N-dealkylation sites (tertiary alicyclic amines) is 1. The Balaban J connectivity index is 0.00000162. The van der Waals surface area contributed by atoms with Crippen LogP contribution in [0.5, 0.6) is 0 Å². The van der Waals surface area contributed by atoms with Crippen molar-refractivity contribution in [2.24, 2.45) is 16.6 Å². The highest BCUT2D eigenvalue weighted by molar-refractivity contribution is 5.85. The minimum atomic E-state index is -0.349. The molecule has 2 aliphatic heterocycles. The van der Waals surface area contributed by atoms with Gasteiger partial charge in [0.2, 0.25) is 5.91 Å². The number of carbonyl (C=O) groups is 1. The Morgan fingerprint density at radius 3 is 2.33 bits per heavy atom. The lowest BCUT2D eigenvalue weighted by Gasteiger charge is -2.38. The number of rotatable bonds is 2. The Morgan fingerprint density at radius 2 is 1.89 bits per heavy atom. The monoisotopic (exact) mass is 276 g/mol. The van der Waals surface area contributed by atoms with Crippen LogP contribution in [0.15, 0.2) is 0 Å². The fourth-order valence-electron chi connectivity index (χ4n) is 2.89. The second-order valence-electron chi connectivity index (χ2n) is 6.24. The van der Waals surface area contributed by atoms with Gasteiger partial charge < -0.3 is 15.4 Å². The Hall–Kier alpha value is -0.320. The summed E-state index contributed by atoms with van der Waals surface area (Å²) in [5, 5.41) is 0. The zero-order valence-electron chi connectivity index (χ0n) is 11.4. The van der Waals surface area contributed by atoms with Gasteiger partial charge in [0.05, 0.1) is 5.41 Å². The van der Waals surface area contributed by atoms with Crippen molar-refractivity contribution in [3.05, 3.63) is 0 Å². The molecule has 5 heteroatoms. The third-order valence-corrected chi connectivity index (χ3v) is 4.26. The molecule has 0 atom stereocenters. The molecule has 0 radical (unpaired) electrons. The third kappa shape index (κ3) is 2.98. The van der Waals surface area contributed by atoms with E-state index in [0.717, 1.165) is 32.4 Å². The molecule has 2 fully saturated rings. The first kappa shape index (κ1) is 15.7. The summed E-state index contributed by atoms with van der Waals surface area (Å²) >= 11 is 0. The van der Waals surface area contributed by atoms with E-state index in [1.165, 1.54) is 0 Å². The van der Waals surface area contributed by atoms with Crippen molar-refractivity contribution in [1.29, 1.82) is 0 Å². The van der Waals surface area contributed by atoms with Gasteiger partial charge in [0, 0.05) is 32.8 Å². The smallest absolute Gasteiger partial charge is 0.230 e. The summed E-state index contributed by atoms with van der Waals surface area (Å²) in [5.74, 6) is 0.258. The molecular formula is C13H25ClN2O2. The summed E-state index contributed by atoms with van der Waals surface area (Å²) in [6.45, 7) is 7.98. The molecule has 4 nitrogen and oxygen atoms in total. The van der Waals surface area contributed by atoms with E-state index in [1.807, 2.05) is 4.90 Å². The average Bonchev–Trinajstić information content (AvgIpc) is 2.69. The molecule has 18 heavy (non-hydrogen) atoms. The van der Waals surface area contributed by atoms with Crippen LogP contribution in [0.2, 0.25) is 0 Å². The Labute approximate surface area is 116 Å². The molecule has 0 aromatic heterocycles. The summed E-state index contributed by atoms with van der Waals surface area (Å²) in [4.78, 5) is 14.6. The molecule has 106 valence electrons. The molecule has 2 heterocycles. The number of amides is 1. The summed E-state index contributed by atoms with van der Waals surface area (Å²) in [5.41, 5.74) is 5.78. The van der Waals surface area contributed by atoms with Crippen LogP contribution in [0, 0.1) is 10.8 Å². The topological polar surface area (TPSA) is 55.6 Å². The lowest BCUT2D eigenvalue weighted by atomic mass is 9.79. The van der Waals surface area contributed by atoms with E-state index in [2.05, 4.69) is 13.8 Å². The lowest BCUT2D eigenvalue weighted by molar-refractivity contribution is -0.146. The van der Waals surface area contributed by atoms with Crippen LogP contribution >= 0.6 is 12.4 Å². The maximum atomic E-state index is 12.6. The quantitative estimate of drug-likeness (QED) is 0.830. The highest BCUT2D eigenvalue weighted by Crippen LogP contribution is 2.36. The minimum Gasteiger partial charge on any atom is -0.381 e. The van der Waals surface area contributed by atoms with E-state index in [4.69, 9.17) is 10.5 Å². The standard InChI is InChI=1S/C13H24N2O2.ClH/c1-12(2)3-6-15(10-12)11(16)13(9-14)4-7-17-8-5-13;/h3-10,14H2,1-2H3;1H. The first-order valence-electron chi connectivity index (χ1n) is 6.56. The normalized spacial score (nSPS) is 25.6. The van der Waals surface area contributed by atoms with Gasteiger partial charge in [-0.2, -0.15) is 0 Å². The first-order chi connectivity index (χ1) is 7.99. The minimum absolute atomic E-state index is 0. The number of carbonyl (C=O) groups excluding carboxylic acids is 1. The van der Waals surface area contributed by atoms with Crippen molar-refractivity contribution in [2.45, 2.75) is 33.1 Å². The first-order valence-corrected chi connectivity index (χ1v) is 6.56. The number of ether oxygens (including phenoxy) is 1. The van der Waals surface area contributed by atoms with Gasteiger partial charge >= 0.3 is 0 Å². The van der Waals surface area contributed by atoms with E-state index in [-0.39, 0.29) is 29.1 Å². The molecule has 2 rings (SSSR count). The molecular weight excluding hydrogens is 252 g/mol. The molecule has 2 saturated heterocycles. The van der Waals surface area contributed by atoms with Crippen molar-refractivity contribution < 1.29 is 9.53 Å². The summed E-state index contributed by atoms with van der Waals surface area (Å²) in [6.07, 6.45) is 2.65. The van der Waals surface area contributed by atoms with Crippen LogP contribution in [0.4, 0.5) is 0 Å². The largest absolute Gasteiger partial charge is 0.381 e. The van der Waals surface area contributed by atoms with Crippen molar-refractivity contribution in [3.63, 3.8) is 0 Å². The number of hydrogen-bond donors (Lipinski definition) is 1. The number of hydrogen-bond acceptors (Lipinski definition) is 3. The number of nitrogens with two attached hydrogens (primary N) is 1. The molecule has 0 bridgehead atoms. The van der Waals surface area contributed by atoms with Gasteiger partial charge in [0.1, 0.15) is 0 Å². The van der Waals surface area contributed by atoms with Crippen molar-refractivity contribution in [3.8, 4) is 0 Å². The molecule has 2 aliphatic rings. The van der Waals surface area contributed by atoms with Gasteiger partial charge in [-0.05, 0) is 24.7 Å². The molecule has 0 aliphatic carbocycles. The van der Waals surface area contributed by atoms with E-state index < -0.39 is 0 Å². The maximum Gasteiger partial charge on any atom is 0.230 e. The molecule has 0 spiro atoms. The van der Waals surface area contributed by atoms with E-state index in [1.54, 1.807) is 0 Å². The van der Waals surface area contributed by atoms with Crippen LogP contribution in [-0.4, -0.2) is 43.7 Å². The zero-order chi connectivity index (χ0) is 12.5. The van der Waals surface area contributed by atoms with Gasteiger partial charge in [0.25, 0.3) is 0 Å². The SMILES string of the molecule is CC1(C)CCN(C(=O)C2(CN)CCOCC2)C1.Cl. The van der Waals surface area contributed by atoms with Crippen molar-refractivity contribution in [2.75, 3.05) is 32.8 Å². The predicted octanol–water partition coefficient (Wildman–Crippen LogP) is 1.42. The van der Waals surface area contributed by atoms with E-state index >= 15 is 0 Å². The van der Waals surface area contributed by atoms with Gasteiger partial charge in [0.15, 0.2) is 0 Å². The Kier molecular flexibility index (Phi) is 5.04. The Bertz CT molecular complexity index is 301. The van der Waals surface area contributed by atoms with Crippen LogP contribution in [0.3, 0.4) is 0 Å². The molecule has 0 unspecified atom stereocenters. The number of halogens is 1. The van der Waals surface area contributed by atoms with Crippen LogP contribution in [0.25, 0.3) is 0 Å². The molecule has 2 N–H and O–H groups in total. The fourth-order valence-corrected chi connectivity index (χ4v) is 2.89. The average molecular weight is 277 g/mol. The zero-order valence-corrected chi connectivity index (χ0v) is 12.2. The lowest BCUT2D eigenvalue weighted by Crippen LogP contribution is -2.50. The fraction of sp³-hybridized carbons (Fsp3) is 0.923. The van der Waals surface area contributed by atoms with Gasteiger partial charge in [-0.15, -0.1) is 12.4 Å². The summed E-state index contributed by atoms with van der Waals surface area (Å²) < 4.78 is 5.35. The second-order valence-corrected chi connectivity index (χ2v) is 6.24. The highest BCUT2D eigenvalue weighted by atomic mass is 35.5. The molecule has 0 aromatic rings. The summed E-state index contributed by atoms with van der Waals surface area (Å²) in [7, 11) is 0. The van der Waals surface area contributed by atoms with Gasteiger partial charge in [-0.1, -0.05) is 13.8 Å². The van der Waals surface area contributed by atoms with Crippen molar-refractivity contribution in [1.82, 2.24) is 4.90 Å². The molecule has 0 saturated carbocycles. The highest BCUT2D eigenvalue weighted by Gasteiger charge is 2.44. The molecule has 0 aromatic carbocycles. The Morgan fingerprint density at radius 1 is 1.28 bits per heavy atom. The van der Waals surface area contributed by atoms with Gasteiger partial charge in [-0.3, -0.25) is 4.79 Å². The van der Waals surface area contributed by atoms with Gasteiger partial charge in [-0.25, -0.2) is 0 Å². The third-order valence-electron chi connectivity index (χ3n) is 4.26.